The Morgan fingerprint density at radius 1 is 1.31 bits per heavy atom. The molecule has 0 radical (unpaired) electrons. The summed E-state index contributed by atoms with van der Waals surface area (Å²) in [6.07, 6.45) is 0.871. The fourth-order valence-corrected chi connectivity index (χ4v) is 1.42. The topological polar surface area (TPSA) is 21.6 Å². The summed E-state index contributed by atoms with van der Waals surface area (Å²) in [6, 6.07) is 8.24. The van der Waals surface area contributed by atoms with Gasteiger partial charge in [-0.15, -0.1) is 0 Å². The summed E-state index contributed by atoms with van der Waals surface area (Å²) in [6.45, 7) is 5.72. The molecular formula is C13H17NOS. The molecule has 0 saturated carbocycles. The molecule has 0 spiro atoms. The predicted octanol–water partition coefficient (Wildman–Crippen LogP) is 3.68. The van der Waals surface area contributed by atoms with E-state index in [0.29, 0.717) is 19.1 Å². The first kappa shape index (κ1) is 12.9. The van der Waals surface area contributed by atoms with Crippen LogP contribution >= 0.6 is 12.2 Å². The van der Waals surface area contributed by atoms with Crippen LogP contribution in [0.5, 0.6) is 5.75 Å². The Morgan fingerprint density at radius 3 is 2.56 bits per heavy atom. The van der Waals surface area contributed by atoms with Crippen LogP contribution in [0.2, 0.25) is 0 Å². The van der Waals surface area contributed by atoms with Gasteiger partial charge in [0.15, 0.2) is 0 Å². The number of hydrogen-bond acceptors (Lipinski definition) is 3. The Balaban J connectivity index is 2.34. The Labute approximate surface area is 102 Å². The molecule has 0 unspecified atom stereocenters. The van der Waals surface area contributed by atoms with E-state index in [1.807, 2.05) is 12.1 Å². The zero-order valence-corrected chi connectivity index (χ0v) is 10.6. The molecule has 0 aliphatic rings. The fourth-order valence-electron chi connectivity index (χ4n) is 1.33. The molecule has 0 aliphatic heterocycles. The van der Waals surface area contributed by atoms with Gasteiger partial charge in [-0.2, -0.15) is 0 Å². The number of isothiocyanates is 1. The monoisotopic (exact) mass is 235 g/mol. The second-order valence-electron chi connectivity index (χ2n) is 3.90. The first-order valence-corrected chi connectivity index (χ1v) is 5.91. The van der Waals surface area contributed by atoms with Crippen LogP contribution in [0.25, 0.3) is 0 Å². The van der Waals surface area contributed by atoms with Gasteiger partial charge in [-0.3, -0.25) is 0 Å². The summed E-state index contributed by atoms with van der Waals surface area (Å²) >= 11 is 4.48. The van der Waals surface area contributed by atoms with Crippen molar-refractivity contribution < 1.29 is 4.74 Å². The van der Waals surface area contributed by atoms with Crippen LogP contribution in [-0.2, 0) is 0 Å². The molecule has 0 fully saturated rings. The summed E-state index contributed by atoms with van der Waals surface area (Å²) < 4.78 is 5.57. The van der Waals surface area contributed by atoms with Gasteiger partial charge in [0.2, 0.25) is 0 Å². The molecule has 86 valence electrons. The highest BCUT2D eigenvalue weighted by Gasteiger charge is 1.98. The third kappa shape index (κ3) is 4.56. The van der Waals surface area contributed by atoms with Crippen molar-refractivity contribution >= 4 is 17.4 Å². The van der Waals surface area contributed by atoms with Crippen LogP contribution in [0.4, 0.5) is 0 Å². The van der Waals surface area contributed by atoms with E-state index in [9.17, 15) is 0 Å². The molecule has 1 aromatic rings. The first-order chi connectivity index (χ1) is 7.74. The number of ether oxygens (including phenoxy) is 1. The molecular weight excluding hydrogens is 218 g/mol. The van der Waals surface area contributed by atoms with Gasteiger partial charge in [0.1, 0.15) is 5.75 Å². The van der Waals surface area contributed by atoms with Crippen molar-refractivity contribution in [2.75, 3.05) is 13.2 Å². The molecule has 0 saturated heterocycles. The summed E-state index contributed by atoms with van der Waals surface area (Å²) in [7, 11) is 0. The van der Waals surface area contributed by atoms with Crippen molar-refractivity contribution in [3.05, 3.63) is 29.8 Å². The summed E-state index contributed by atoms with van der Waals surface area (Å²) in [5.41, 5.74) is 1.33. The largest absolute Gasteiger partial charge is 0.494 e. The average Bonchev–Trinajstić information content (AvgIpc) is 2.29. The Hall–Kier alpha value is -1.18. The van der Waals surface area contributed by atoms with Crippen molar-refractivity contribution in [3.63, 3.8) is 0 Å². The van der Waals surface area contributed by atoms with Crippen molar-refractivity contribution in [2.24, 2.45) is 4.99 Å². The maximum atomic E-state index is 5.57. The quantitative estimate of drug-likeness (QED) is 0.426. The van der Waals surface area contributed by atoms with Crippen molar-refractivity contribution in [3.8, 4) is 5.75 Å². The number of rotatable bonds is 6. The number of benzene rings is 1. The third-order valence-electron chi connectivity index (χ3n) is 2.29. The molecule has 3 heteroatoms. The predicted molar refractivity (Wildman–Crippen MR) is 70.5 cm³/mol. The molecule has 1 rings (SSSR count). The van der Waals surface area contributed by atoms with E-state index in [0.717, 1.165) is 12.2 Å². The van der Waals surface area contributed by atoms with Gasteiger partial charge in [-0.25, -0.2) is 4.99 Å². The zero-order chi connectivity index (χ0) is 11.8. The normalized spacial score (nSPS) is 9.94. The van der Waals surface area contributed by atoms with Gasteiger partial charge in [-0.1, -0.05) is 26.0 Å². The lowest BCUT2D eigenvalue weighted by atomic mass is 10.0. The van der Waals surface area contributed by atoms with Crippen molar-refractivity contribution in [1.29, 1.82) is 0 Å². The van der Waals surface area contributed by atoms with E-state index in [4.69, 9.17) is 4.74 Å². The second-order valence-corrected chi connectivity index (χ2v) is 4.08. The van der Waals surface area contributed by atoms with E-state index in [2.05, 4.69) is 48.4 Å². The lowest BCUT2D eigenvalue weighted by Crippen LogP contribution is -1.99. The first-order valence-electron chi connectivity index (χ1n) is 5.50. The van der Waals surface area contributed by atoms with Crippen molar-refractivity contribution in [1.82, 2.24) is 0 Å². The maximum Gasteiger partial charge on any atom is 0.119 e. The van der Waals surface area contributed by atoms with Crippen LogP contribution < -0.4 is 4.74 Å². The molecule has 0 N–H and O–H groups in total. The van der Waals surface area contributed by atoms with E-state index in [1.165, 1.54) is 5.56 Å². The van der Waals surface area contributed by atoms with Gasteiger partial charge in [0.05, 0.1) is 18.3 Å². The van der Waals surface area contributed by atoms with Gasteiger partial charge in [-0.05, 0) is 35.8 Å². The SMILES string of the molecule is CC(C)c1ccc(OCCCN=C=S)cc1. The molecule has 2 nitrogen and oxygen atoms in total. The van der Waals surface area contributed by atoms with Gasteiger partial charge < -0.3 is 4.74 Å². The average molecular weight is 235 g/mol. The Kier molecular flexibility index (Phi) is 5.76. The van der Waals surface area contributed by atoms with Gasteiger partial charge in [0, 0.05) is 6.42 Å². The highest BCUT2D eigenvalue weighted by atomic mass is 32.1. The molecule has 0 bridgehead atoms. The lowest BCUT2D eigenvalue weighted by Gasteiger charge is -2.08. The minimum absolute atomic E-state index is 0.561. The minimum atomic E-state index is 0.561. The molecule has 0 atom stereocenters. The molecule has 0 aromatic heterocycles. The molecule has 0 amide bonds. The summed E-state index contributed by atoms with van der Waals surface area (Å²) in [5, 5.41) is 2.34. The van der Waals surface area contributed by atoms with Crippen LogP contribution in [-0.4, -0.2) is 18.3 Å². The van der Waals surface area contributed by atoms with Gasteiger partial charge >= 0.3 is 0 Å². The van der Waals surface area contributed by atoms with Crippen LogP contribution in [0, 0.1) is 0 Å². The lowest BCUT2D eigenvalue weighted by molar-refractivity contribution is 0.313. The summed E-state index contributed by atoms with van der Waals surface area (Å²) in [5.74, 6) is 1.47. The van der Waals surface area contributed by atoms with Crippen LogP contribution in [0.3, 0.4) is 0 Å². The smallest absolute Gasteiger partial charge is 0.119 e. The highest BCUT2D eigenvalue weighted by molar-refractivity contribution is 7.78. The number of nitrogens with zero attached hydrogens (tertiary/aromatic N) is 1. The zero-order valence-electron chi connectivity index (χ0n) is 9.77. The number of aliphatic imine (C=N–C) groups is 1. The standard InChI is InChI=1S/C13H17NOS/c1-11(2)12-4-6-13(7-5-12)15-9-3-8-14-10-16/h4-7,11H,3,8-9H2,1-2H3. The third-order valence-corrected chi connectivity index (χ3v) is 2.42. The van der Waals surface area contributed by atoms with E-state index < -0.39 is 0 Å². The van der Waals surface area contributed by atoms with Gasteiger partial charge in [0.25, 0.3) is 0 Å². The molecule has 1 aromatic carbocycles. The summed E-state index contributed by atoms with van der Waals surface area (Å²) in [4.78, 5) is 3.83. The van der Waals surface area contributed by atoms with Crippen LogP contribution in [0.1, 0.15) is 31.7 Å². The Bertz CT molecular complexity index is 353. The van der Waals surface area contributed by atoms with E-state index in [-0.39, 0.29) is 0 Å². The number of thiocarbonyl (C=S) groups is 1. The molecule has 0 heterocycles. The molecule has 16 heavy (non-hydrogen) atoms. The highest BCUT2D eigenvalue weighted by Crippen LogP contribution is 2.18. The maximum absolute atomic E-state index is 5.57. The molecule has 0 aliphatic carbocycles. The van der Waals surface area contributed by atoms with Crippen molar-refractivity contribution in [2.45, 2.75) is 26.2 Å². The Morgan fingerprint density at radius 2 is 2.00 bits per heavy atom. The fraction of sp³-hybridized carbons (Fsp3) is 0.462. The minimum Gasteiger partial charge on any atom is -0.494 e. The van der Waals surface area contributed by atoms with E-state index in [1.54, 1.807) is 0 Å². The second kappa shape index (κ2) is 7.15. The van der Waals surface area contributed by atoms with E-state index >= 15 is 0 Å². The van der Waals surface area contributed by atoms with Crippen LogP contribution in [0.15, 0.2) is 29.3 Å². The number of hydrogen-bond donors (Lipinski definition) is 0.